The van der Waals surface area contributed by atoms with E-state index < -0.39 is 11.7 Å². The monoisotopic (exact) mass is 301 g/mol. The first-order valence-corrected chi connectivity index (χ1v) is 5.80. The molecule has 0 bridgehead atoms. The maximum Gasteiger partial charge on any atom is 0.260 e. The van der Waals surface area contributed by atoms with Crippen LogP contribution in [0.3, 0.4) is 0 Å². The van der Waals surface area contributed by atoms with Gasteiger partial charge in [-0.25, -0.2) is 9.37 Å². The van der Waals surface area contributed by atoms with E-state index in [0.29, 0.717) is 5.13 Å². The molecule has 2 aromatic rings. The molecular weight excluding hydrogens is 297 g/mol. The molecule has 0 aliphatic heterocycles. The maximum atomic E-state index is 13.2. The Balaban J connectivity index is 2.18. The molecule has 16 heavy (non-hydrogen) atoms. The lowest BCUT2D eigenvalue weighted by Gasteiger charge is -2.01. The van der Waals surface area contributed by atoms with E-state index in [-0.39, 0.29) is 5.56 Å². The zero-order valence-corrected chi connectivity index (χ0v) is 10.2. The van der Waals surface area contributed by atoms with Gasteiger partial charge in [0.1, 0.15) is 0 Å². The van der Waals surface area contributed by atoms with Crippen LogP contribution in [-0.4, -0.2) is 15.9 Å². The van der Waals surface area contributed by atoms with Gasteiger partial charge in [0, 0.05) is 6.20 Å². The van der Waals surface area contributed by atoms with Crippen molar-refractivity contribution in [3.63, 3.8) is 0 Å². The van der Waals surface area contributed by atoms with Gasteiger partial charge in [-0.15, -0.1) is 0 Å². The van der Waals surface area contributed by atoms with Crippen LogP contribution in [-0.2, 0) is 0 Å². The molecule has 82 valence electrons. The Labute approximate surface area is 103 Å². The number of carbonyl (C=O) groups is 1. The van der Waals surface area contributed by atoms with Crippen molar-refractivity contribution in [2.75, 3.05) is 5.32 Å². The van der Waals surface area contributed by atoms with Gasteiger partial charge >= 0.3 is 0 Å². The summed E-state index contributed by atoms with van der Waals surface area (Å²) in [7, 11) is 0. The fourth-order valence-electron chi connectivity index (χ4n) is 1.04. The maximum absolute atomic E-state index is 13.2. The number of rotatable bonds is 2. The molecule has 2 rings (SSSR count). The van der Waals surface area contributed by atoms with Gasteiger partial charge < -0.3 is 0 Å². The second kappa shape index (κ2) is 4.67. The molecule has 0 aromatic carbocycles. The first-order chi connectivity index (χ1) is 7.66. The van der Waals surface area contributed by atoms with Gasteiger partial charge in [-0.3, -0.25) is 15.1 Å². The summed E-state index contributed by atoms with van der Waals surface area (Å²) in [4.78, 5) is 19.1. The summed E-state index contributed by atoms with van der Waals surface area (Å²) in [6.45, 7) is 0. The number of hydrogen-bond acceptors (Lipinski definition) is 4. The number of nitrogens with zero attached hydrogens (tertiary/aromatic N) is 2. The zero-order valence-electron chi connectivity index (χ0n) is 7.78. The molecule has 0 spiro atoms. The Morgan fingerprint density at radius 1 is 1.50 bits per heavy atom. The van der Waals surface area contributed by atoms with Crippen molar-refractivity contribution in [2.45, 2.75) is 0 Å². The number of aromatic nitrogens is 2. The summed E-state index contributed by atoms with van der Waals surface area (Å²) >= 11 is 4.47. The van der Waals surface area contributed by atoms with Crippen LogP contribution in [0.2, 0.25) is 0 Å². The molecule has 0 unspecified atom stereocenters. The summed E-state index contributed by atoms with van der Waals surface area (Å²) in [6, 6.07) is 1.31. The predicted octanol–water partition coefficient (Wildman–Crippen LogP) is 2.69. The van der Waals surface area contributed by atoms with Crippen LogP contribution >= 0.6 is 27.3 Å². The molecular formula is C9H5BrFN3OS. The number of carbonyl (C=O) groups excluding carboxylic acids is 1. The van der Waals surface area contributed by atoms with Crippen molar-refractivity contribution in [1.29, 1.82) is 0 Å². The van der Waals surface area contributed by atoms with E-state index in [4.69, 9.17) is 0 Å². The third kappa shape index (κ3) is 2.42. The molecule has 0 radical (unpaired) electrons. The highest BCUT2D eigenvalue weighted by Crippen LogP contribution is 2.23. The smallest absolute Gasteiger partial charge is 0.260 e. The minimum absolute atomic E-state index is 0.0543. The normalized spacial score (nSPS) is 10.1. The fraction of sp³-hybridized carbons (Fsp3) is 0. The van der Waals surface area contributed by atoms with Gasteiger partial charge in [0.05, 0.1) is 21.7 Å². The van der Waals surface area contributed by atoms with Crippen LogP contribution in [0.15, 0.2) is 28.4 Å². The van der Waals surface area contributed by atoms with Crippen molar-refractivity contribution >= 4 is 38.3 Å². The minimum Gasteiger partial charge on any atom is -0.298 e. The highest BCUT2D eigenvalue weighted by molar-refractivity contribution is 9.11. The highest BCUT2D eigenvalue weighted by atomic mass is 79.9. The van der Waals surface area contributed by atoms with Crippen LogP contribution in [0.25, 0.3) is 0 Å². The average molecular weight is 302 g/mol. The third-order valence-corrected chi connectivity index (χ3v) is 3.11. The second-order valence-corrected chi connectivity index (χ2v) is 5.19. The Kier molecular flexibility index (Phi) is 3.25. The standard InChI is InChI=1S/C9H5BrFN3OS/c10-7-4-13-9(16-7)14-8(15)5-1-2-12-3-6(5)11/h1-4H,(H,13,14,15). The molecule has 0 saturated heterocycles. The minimum atomic E-state index is -0.657. The number of anilines is 1. The van der Waals surface area contributed by atoms with Crippen LogP contribution in [0, 0.1) is 5.82 Å². The molecule has 0 atom stereocenters. The molecule has 0 aliphatic carbocycles. The number of thiazole rings is 1. The molecule has 1 amide bonds. The average Bonchev–Trinajstić information content (AvgIpc) is 2.64. The zero-order chi connectivity index (χ0) is 11.5. The summed E-state index contributed by atoms with van der Waals surface area (Å²) in [5.74, 6) is -1.20. The molecule has 0 fully saturated rings. The van der Waals surface area contributed by atoms with Crippen LogP contribution < -0.4 is 5.32 Å². The van der Waals surface area contributed by atoms with Crippen molar-refractivity contribution in [3.05, 3.63) is 39.8 Å². The Morgan fingerprint density at radius 3 is 2.94 bits per heavy atom. The van der Waals surface area contributed by atoms with Gasteiger partial charge in [0.25, 0.3) is 5.91 Å². The van der Waals surface area contributed by atoms with Gasteiger partial charge in [0.2, 0.25) is 0 Å². The van der Waals surface area contributed by atoms with E-state index in [9.17, 15) is 9.18 Å². The van der Waals surface area contributed by atoms with Crippen LogP contribution in [0.1, 0.15) is 10.4 Å². The second-order valence-electron chi connectivity index (χ2n) is 2.78. The van der Waals surface area contributed by atoms with Gasteiger partial charge in [-0.2, -0.15) is 0 Å². The van der Waals surface area contributed by atoms with Crippen LogP contribution in [0.5, 0.6) is 0 Å². The van der Waals surface area contributed by atoms with E-state index in [1.54, 1.807) is 6.20 Å². The quantitative estimate of drug-likeness (QED) is 0.928. The van der Waals surface area contributed by atoms with Gasteiger partial charge in [-0.05, 0) is 22.0 Å². The lowest BCUT2D eigenvalue weighted by Crippen LogP contribution is -2.13. The summed E-state index contributed by atoms with van der Waals surface area (Å²) in [5, 5.41) is 2.90. The van der Waals surface area contributed by atoms with E-state index >= 15 is 0 Å². The summed E-state index contributed by atoms with van der Waals surface area (Å²) in [6.07, 6.45) is 3.91. The largest absolute Gasteiger partial charge is 0.298 e. The van der Waals surface area contributed by atoms with E-state index in [1.807, 2.05) is 0 Å². The number of nitrogens with one attached hydrogen (secondary N) is 1. The lowest BCUT2D eigenvalue weighted by atomic mass is 10.2. The first kappa shape index (κ1) is 11.2. The first-order valence-electron chi connectivity index (χ1n) is 4.19. The molecule has 0 aliphatic rings. The van der Waals surface area contributed by atoms with Crippen LogP contribution in [0.4, 0.5) is 9.52 Å². The molecule has 0 saturated carbocycles. The van der Waals surface area contributed by atoms with Crippen molar-refractivity contribution < 1.29 is 9.18 Å². The SMILES string of the molecule is O=C(Nc1ncc(Br)s1)c1ccncc1F. The van der Waals surface area contributed by atoms with Crippen molar-refractivity contribution in [1.82, 2.24) is 9.97 Å². The summed E-state index contributed by atoms with van der Waals surface area (Å²) < 4.78 is 14.0. The Bertz CT molecular complexity index is 531. The molecule has 1 N–H and O–H groups in total. The van der Waals surface area contributed by atoms with E-state index in [1.165, 1.54) is 23.6 Å². The van der Waals surface area contributed by atoms with E-state index in [0.717, 1.165) is 9.98 Å². The van der Waals surface area contributed by atoms with Gasteiger partial charge in [0.15, 0.2) is 10.9 Å². The third-order valence-electron chi connectivity index (χ3n) is 1.72. The predicted molar refractivity (Wildman–Crippen MR) is 62.0 cm³/mol. The number of halogens is 2. The van der Waals surface area contributed by atoms with Gasteiger partial charge in [-0.1, -0.05) is 11.3 Å². The topological polar surface area (TPSA) is 54.9 Å². The fourth-order valence-corrected chi connectivity index (χ4v) is 2.14. The lowest BCUT2D eigenvalue weighted by molar-refractivity contribution is 0.102. The van der Waals surface area contributed by atoms with E-state index in [2.05, 4.69) is 31.2 Å². The Hall–Kier alpha value is -1.34. The number of amides is 1. The molecule has 2 heterocycles. The summed E-state index contributed by atoms with van der Waals surface area (Å²) in [5.41, 5.74) is -0.0543. The number of pyridine rings is 1. The highest BCUT2D eigenvalue weighted by Gasteiger charge is 2.12. The molecule has 4 nitrogen and oxygen atoms in total. The van der Waals surface area contributed by atoms with Crippen molar-refractivity contribution in [3.8, 4) is 0 Å². The molecule has 2 aromatic heterocycles. The number of hydrogen-bond donors (Lipinski definition) is 1. The Morgan fingerprint density at radius 2 is 2.31 bits per heavy atom. The van der Waals surface area contributed by atoms with Crippen molar-refractivity contribution in [2.24, 2.45) is 0 Å². The molecule has 7 heteroatoms.